The van der Waals surface area contributed by atoms with Gasteiger partial charge in [-0.1, -0.05) is 12.5 Å². The van der Waals surface area contributed by atoms with Crippen LogP contribution in [-0.4, -0.2) is 37.1 Å². The van der Waals surface area contributed by atoms with Gasteiger partial charge < -0.3 is 4.90 Å². The van der Waals surface area contributed by atoms with Crippen LogP contribution < -0.4 is 4.90 Å². The fraction of sp³-hybridized carbons (Fsp3) is 0.688. The van der Waals surface area contributed by atoms with Crippen LogP contribution in [0, 0.1) is 11.8 Å². The summed E-state index contributed by atoms with van der Waals surface area (Å²) in [5.41, 5.74) is 1.35. The van der Waals surface area contributed by atoms with E-state index in [9.17, 15) is 0 Å². The highest BCUT2D eigenvalue weighted by molar-refractivity contribution is 5.37. The molecule has 2 bridgehead atoms. The highest BCUT2D eigenvalue weighted by atomic mass is 15.1. The fourth-order valence-electron chi connectivity index (χ4n) is 3.70. The maximum atomic E-state index is 4.52. The van der Waals surface area contributed by atoms with Crippen molar-refractivity contribution < 1.29 is 0 Å². The number of hydrogen-bond donors (Lipinski definition) is 0. The second-order valence-corrected chi connectivity index (χ2v) is 6.51. The van der Waals surface area contributed by atoms with Crippen LogP contribution in [-0.2, 0) is 6.54 Å². The summed E-state index contributed by atoms with van der Waals surface area (Å²) in [6.45, 7) is 3.67. The summed E-state index contributed by atoms with van der Waals surface area (Å²) in [5, 5.41) is 0. The first-order valence-electron chi connectivity index (χ1n) is 7.55. The molecule has 1 aliphatic heterocycles. The maximum absolute atomic E-state index is 4.52. The number of likely N-dealkylation sites (tertiary alicyclic amines) is 1. The Hall–Kier alpha value is -1.09. The highest BCUT2D eigenvalue weighted by Gasteiger charge is 2.30. The SMILES string of the molecule is CN(C)c1ccc(CN2CC3CCCC(C3)C2)cn1. The lowest BCUT2D eigenvalue weighted by atomic mass is 9.78. The standard InChI is InChI=1S/C16H25N3/c1-18(2)16-7-6-15(9-17-16)12-19-10-13-4-3-5-14(8-13)11-19/h6-7,9,13-14H,3-5,8,10-12H2,1-2H3. The van der Waals surface area contributed by atoms with Gasteiger partial charge in [0.15, 0.2) is 0 Å². The van der Waals surface area contributed by atoms with Gasteiger partial charge in [0.05, 0.1) is 0 Å². The lowest BCUT2D eigenvalue weighted by Gasteiger charge is -2.41. The Labute approximate surface area is 116 Å². The molecule has 1 saturated heterocycles. The predicted molar refractivity (Wildman–Crippen MR) is 79.3 cm³/mol. The molecule has 2 heterocycles. The van der Waals surface area contributed by atoms with Gasteiger partial charge in [-0.05, 0) is 42.7 Å². The van der Waals surface area contributed by atoms with Crippen LogP contribution in [0.2, 0.25) is 0 Å². The van der Waals surface area contributed by atoms with E-state index in [1.165, 1.54) is 44.3 Å². The van der Waals surface area contributed by atoms with Gasteiger partial charge in [-0.3, -0.25) is 4.90 Å². The summed E-state index contributed by atoms with van der Waals surface area (Å²) in [6.07, 6.45) is 7.88. The van der Waals surface area contributed by atoms with Crippen molar-refractivity contribution in [2.75, 3.05) is 32.1 Å². The van der Waals surface area contributed by atoms with Crippen molar-refractivity contribution in [1.29, 1.82) is 0 Å². The third-order valence-electron chi connectivity index (χ3n) is 4.60. The first kappa shape index (κ1) is 12.9. The summed E-state index contributed by atoms with van der Waals surface area (Å²) < 4.78 is 0. The molecule has 3 nitrogen and oxygen atoms in total. The Balaban J connectivity index is 1.61. The third-order valence-corrected chi connectivity index (χ3v) is 4.60. The maximum Gasteiger partial charge on any atom is 0.127 e. The molecule has 3 rings (SSSR count). The molecule has 1 aromatic heterocycles. The van der Waals surface area contributed by atoms with Crippen molar-refractivity contribution in [3.8, 4) is 0 Å². The minimum Gasteiger partial charge on any atom is -0.363 e. The second-order valence-electron chi connectivity index (χ2n) is 6.51. The number of hydrogen-bond acceptors (Lipinski definition) is 3. The normalized spacial score (nSPS) is 27.3. The average Bonchev–Trinajstić information content (AvgIpc) is 2.39. The number of pyridine rings is 1. The van der Waals surface area contributed by atoms with E-state index in [4.69, 9.17) is 0 Å². The molecule has 0 radical (unpaired) electrons. The molecule has 0 N–H and O–H groups in total. The molecule has 2 atom stereocenters. The Kier molecular flexibility index (Phi) is 3.74. The molecular formula is C16H25N3. The fourth-order valence-corrected chi connectivity index (χ4v) is 3.70. The molecule has 19 heavy (non-hydrogen) atoms. The van der Waals surface area contributed by atoms with Crippen LogP contribution in [0.1, 0.15) is 31.2 Å². The third kappa shape index (κ3) is 3.08. The molecule has 0 amide bonds. The summed E-state index contributed by atoms with van der Waals surface area (Å²) in [5.74, 6) is 2.96. The summed E-state index contributed by atoms with van der Waals surface area (Å²) in [4.78, 5) is 9.21. The number of piperidine rings is 1. The monoisotopic (exact) mass is 259 g/mol. The van der Waals surface area contributed by atoms with Gasteiger partial charge in [0.25, 0.3) is 0 Å². The van der Waals surface area contributed by atoms with Crippen molar-refractivity contribution >= 4 is 5.82 Å². The van der Waals surface area contributed by atoms with Gasteiger partial charge in [-0.15, -0.1) is 0 Å². The van der Waals surface area contributed by atoms with Crippen molar-refractivity contribution in [2.45, 2.75) is 32.2 Å². The van der Waals surface area contributed by atoms with Crippen molar-refractivity contribution in [2.24, 2.45) is 11.8 Å². The van der Waals surface area contributed by atoms with Crippen LogP contribution in [0.5, 0.6) is 0 Å². The second kappa shape index (κ2) is 5.49. The van der Waals surface area contributed by atoms with Gasteiger partial charge in [0.2, 0.25) is 0 Å². The van der Waals surface area contributed by atoms with E-state index in [-0.39, 0.29) is 0 Å². The summed E-state index contributed by atoms with van der Waals surface area (Å²) in [7, 11) is 4.07. The zero-order valence-electron chi connectivity index (χ0n) is 12.2. The number of anilines is 1. The first-order valence-corrected chi connectivity index (χ1v) is 7.55. The van der Waals surface area contributed by atoms with Crippen LogP contribution in [0.15, 0.2) is 18.3 Å². The zero-order valence-corrected chi connectivity index (χ0v) is 12.2. The van der Waals surface area contributed by atoms with E-state index in [0.717, 1.165) is 24.2 Å². The van der Waals surface area contributed by atoms with Gasteiger partial charge in [0, 0.05) is 39.9 Å². The van der Waals surface area contributed by atoms with Gasteiger partial charge in [-0.2, -0.15) is 0 Å². The molecule has 0 spiro atoms. The van der Waals surface area contributed by atoms with Crippen LogP contribution in [0.3, 0.4) is 0 Å². The topological polar surface area (TPSA) is 19.4 Å². The lowest BCUT2D eigenvalue weighted by Crippen LogP contribution is -2.42. The number of nitrogens with zero attached hydrogens (tertiary/aromatic N) is 3. The molecule has 1 aliphatic carbocycles. The minimum absolute atomic E-state index is 0.960. The average molecular weight is 259 g/mol. The molecule has 0 aromatic carbocycles. The quantitative estimate of drug-likeness (QED) is 0.832. The van der Waals surface area contributed by atoms with E-state index in [2.05, 4.69) is 26.9 Å². The van der Waals surface area contributed by atoms with E-state index in [0.29, 0.717) is 0 Å². The molecule has 3 heteroatoms. The molecule has 1 saturated carbocycles. The highest BCUT2D eigenvalue weighted by Crippen LogP contribution is 2.34. The van der Waals surface area contributed by atoms with Crippen molar-refractivity contribution in [3.05, 3.63) is 23.9 Å². The van der Waals surface area contributed by atoms with E-state index < -0.39 is 0 Å². The van der Waals surface area contributed by atoms with E-state index in [1.54, 1.807) is 0 Å². The largest absolute Gasteiger partial charge is 0.363 e. The number of fused-ring (bicyclic) bond motifs is 2. The Morgan fingerprint density at radius 2 is 1.95 bits per heavy atom. The van der Waals surface area contributed by atoms with Gasteiger partial charge >= 0.3 is 0 Å². The first-order chi connectivity index (χ1) is 9.20. The zero-order chi connectivity index (χ0) is 13.2. The summed E-state index contributed by atoms with van der Waals surface area (Å²) in [6, 6.07) is 4.35. The van der Waals surface area contributed by atoms with Crippen molar-refractivity contribution in [1.82, 2.24) is 9.88 Å². The van der Waals surface area contributed by atoms with E-state index >= 15 is 0 Å². The number of aromatic nitrogens is 1. The van der Waals surface area contributed by atoms with Crippen LogP contribution in [0.4, 0.5) is 5.82 Å². The molecule has 1 aromatic rings. The summed E-state index contributed by atoms with van der Waals surface area (Å²) >= 11 is 0. The molecule has 2 fully saturated rings. The molecule has 2 aliphatic rings. The van der Waals surface area contributed by atoms with Gasteiger partial charge in [0.1, 0.15) is 5.82 Å². The molecule has 2 unspecified atom stereocenters. The molecule has 104 valence electrons. The molecular weight excluding hydrogens is 234 g/mol. The Bertz CT molecular complexity index is 401. The predicted octanol–water partition coefficient (Wildman–Crippen LogP) is 2.77. The number of rotatable bonds is 3. The smallest absolute Gasteiger partial charge is 0.127 e. The lowest BCUT2D eigenvalue weighted by molar-refractivity contribution is 0.0807. The van der Waals surface area contributed by atoms with Crippen LogP contribution >= 0.6 is 0 Å². The van der Waals surface area contributed by atoms with Crippen LogP contribution in [0.25, 0.3) is 0 Å². The Morgan fingerprint density at radius 1 is 1.21 bits per heavy atom. The van der Waals surface area contributed by atoms with E-state index in [1.807, 2.05) is 20.3 Å². The van der Waals surface area contributed by atoms with Gasteiger partial charge in [-0.25, -0.2) is 4.98 Å². The Morgan fingerprint density at radius 3 is 2.53 bits per heavy atom. The van der Waals surface area contributed by atoms with Crippen molar-refractivity contribution in [3.63, 3.8) is 0 Å². The minimum atomic E-state index is 0.960.